The molecule has 0 amide bonds. The van der Waals surface area contributed by atoms with E-state index in [1.54, 1.807) is 30.3 Å². The minimum atomic E-state index is -1.47. The first-order valence-electron chi connectivity index (χ1n) is 6.72. The van der Waals surface area contributed by atoms with Crippen molar-refractivity contribution >= 4 is 29.1 Å². The van der Waals surface area contributed by atoms with Crippen LogP contribution in [0.5, 0.6) is 5.75 Å². The second kappa shape index (κ2) is 5.84. The van der Waals surface area contributed by atoms with Crippen LogP contribution in [0.2, 0.25) is 0 Å². The molecule has 0 fully saturated rings. The molecule has 0 aliphatic rings. The zero-order valence-corrected chi connectivity index (χ0v) is 12.0. The number of aromatic nitrogens is 2. The number of esters is 1. The van der Waals surface area contributed by atoms with Crippen LogP contribution in [-0.2, 0) is 0 Å². The van der Waals surface area contributed by atoms with Gasteiger partial charge in [-0.3, -0.25) is 0 Å². The molecule has 1 aromatic carbocycles. The smallest absolute Gasteiger partial charge is 0.417 e. The largest absolute Gasteiger partial charge is 0.477 e. The van der Waals surface area contributed by atoms with Crippen molar-refractivity contribution in [3.8, 4) is 5.75 Å². The van der Waals surface area contributed by atoms with Crippen LogP contribution in [0, 0.1) is 0 Å². The number of pyridine rings is 1. The summed E-state index contributed by atoms with van der Waals surface area (Å²) in [4.78, 5) is 38.3. The fourth-order valence-corrected chi connectivity index (χ4v) is 2.22. The number of hydrogen-bond donors (Lipinski definition) is 2. The van der Waals surface area contributed by atoms with Crippen molar-refractivity contribution in [2.45, 2.75) is 0 Å². The van der Waals surface area contributed by atoms with Crippen LogP contribution >= 0.6 is 0 Å². The van der Waals surface area contributed by atoms with E-state index in [1.165, 1.54) is 6.07 Å². The maximum atomic E-state index is 12.0. The molecule has 0 radical (unpaired) electrons. The van der Waals surface area contributed by atoms with E-state index in [0.29, 0.717) is 10.1 Å². The van der Waals surface area contributed by atoms with Gasteiger partial charge in [-0.2, -0.15) is 0 Å². The van der Waals surface area contributed by atoms with Gasteiger partial charge in [0.2, 0.25) is 0 Å². The molecule has 120 valence electrons. The molecule has 0 spiro atoms. The van der Waals surface area contributed by atoms with Crippen molar-refractivity contribution in [1.29, 1.82) is 0 Å². The zero-order valence-electron chi connectivity index (χ0n) is 12.0. The standard InChI is InChI=1S/C16H10N2O6/c19-14(20)12-7-10-6-11(8-17-13(10)18(12)16(22)23)24-15(21)9-4-2-1-3-5-9/h1-8H,(H,19,20)(H,22,23). The fourth-order valence-electron chi connectivity index (χ4n) is 2.22. The number of carbonyl (C=O) groups is 3. The molecule has 0 bridgehead atoms. The Morgan fingerprint density at radius 2 is 1.75 bits per heavy atom. The van der Waals surface area contributed by atoms with E-state index < -0.39 is 23.7 Å². The Morgan fingerprint density at radius 1 is 1.04 bits per heavy atom. The molecule has 0 aliphatic carbocycles. The highest BCUT2D eigenvalue weighted by molar-refractivity contribution is 5.99. The lowest BCUT2D eigenvalue weighted by Gasteiger charge is -2.04. The normalized spacial score (nSPS) is 10.5. The van der Waals surface area contributed by atoms with Gasteiger partial charge in [0.1, 0.15) is 11.4 Å². The van der Waals surface area contributed by atoms with Crippen LogP contribution in [-0.4, -0.2) is 37.8 Å². The zero-order chi connectivity index (χ0) is 17.3. The van der Waals surface area contributed by atoms with Gasteiger partial charge < -0.3 is 14.9 Å². The van der Waals surface area contributed by atoms with Crippen LogP contribution in [0.15, 0.2) is 48.7 Å². The number of ether oxygens (including phenoxy) is 1. The Hall–Kier alpha value is -3.68. The van der Waals surface area contributed by atoms with Crippen LogP contribution in [0.4, 0.5) is 4.79 Å². The number of carboxylic acid groups (broad SMARTS) is 2. The van der Waals surface area contributed by atoms with Gasteiger partial charge in [-0.05, 0) is 24.3 Å². The molecule has 8 heteroatoms. The SMILES string of the molecule is O=C(Oc1cnc2c(c1)cc(C(=O)O)n2C(=O)O)c1ccccc1. The quantitative estimate of drug-likeness (QED) is 0.710. The number of carboxylic acids is 1. The average Bonchev–Trinajstić information content (AvgIpc) is 2.95. The summed E-state index contributed by atoms with van der Waals surface area (Å²) in [6.45, 7) is 0. The summed E-state index contributed by atoms with van der Waals surface area (Å²) in [5.74, 6) is -1.93. The first-order chi connectivity index (χ1) is 11.5. The third-order valence-electron chi connectivity index (χ3n) is 3.25. The van der Waals surface area contributed by atoms with E-state index in [4.69, 9.17) is 14.9 Å². The lowest BCUT2D eigenvalue weighted by molar-refractivity contribution is 0.0683. The minimum Gasteiger partial charge on any atom is -0.477 e. The predicted molar refractivity (Wildman–Crippen MR) is 81.5 cm³/mol. The Morgan fingerprint density at radius 3 is 2.38 bits per heavy atom. The van der Waals surface area contributed by atoms with Gasteiger partial charge in [-0.15, -0.1) is 0 Å². The van der Waals surface area contributed by atoms with E-state index in [0.717, 1.165) is 12.3 Å². The minimum absolute atomic E-state index is 0.0561. The molecule has 3 rings (SSSR count). The number of rotatable bonds is 3. The van der Waals surface area contributed by atoms with Gasteiger partial charge in [0.25, 0.3) is 0 Å². The number of fused-ring (bicyclic) bond motifs is 1. The molecule has 24 heavy (non-hydrogen) atoms. The highest BCUT2D eigenvalue weighted by atomic mass is 16.5. The summed E-state index contributed by atoms with van der Waals surface area (Å²) in [6, 6.07) is 10.8. The van der Waals surface area contributed by atoms with Crippen LogP contribution in [0.25, 0.3) is 11.0 Å². The van der Waals surface area contributed by atoms with Crippen molar-refractivity contribution in [2.75, 3.05) is 0 Å². The predicted octanol–water partition coefficient (Wildman–Crippen LogP) is 2.48. The van der Waals surface area contributed by atoms with Gasteiger partial charge in [-0.1, -0.05) is 18.2 Å². The first kappa shape index (κ1) is 15.2. The average molecular weight is 326 g/mol. The van der Waals surface area contributed by atoms with Crippen molar-refractivity contribution in [3.63, 3.8) is 0 Å². The molecule has 2 heterocycles. The Balaban J connectivity index is 1.99. The van der Waals surface area contributed by atoms with E-state index in [9.17, 15) is 14.4 Å². The maximum Gasteiger partial charge on any atom is 0.417 e. The Labute approximate surface area is 134 Å². The Bertz CT molecular complexity index is 961. The second-order valence-electron chi connectivity index (χ2n) is 4.79. The van der Waals surface area contributed by atoms with Crippen molar-refractivity contribution in [3.05, 3.63) is 59.9 Å². The highest BCUT2D eigenvalue weighted by Gasteiger charge is 2.21. The summed E-state index contributed by atoms with van der Waals surface area (Å²) in [6.07, 6.45) is -0.308. The maximum absolute atomic E-state index is 12.0. The molecule has 0 atom stereocenters. The van der Waals surface area contributed by atoms with E-state index in [1.807, 2.05) is 0 Å². The van der Waals surface area contributed by atoms with Gasteiger partial charge in [-0.25, -0.2) is 23.9 Å². The number of hydrogen-bond acceptors (Lipinski definition) is 5. The number of carbonyl (C=O) groups excluding carboxylic acids is 1. The summed E-state index contributed by atoms with van der Waals surface area (Å²) in [7, 11) is 0. The lowest BCUT2D eigenvalue weighted by atomic mass is 10.2. The summed E-state index contributed by atoms with van der Waals surface area (Å²) in [5, 5.41) is 18.5. The summed E-state index contributed by atoms with van der Waals surface area (Å²) < 4.78 is 5.73. The molecule has 2 N–H and O–H groups in total. The molecule has 0 unspecified atom stereocenters. The van der Waals surface area contributed by atoms with E-state index in [2.05, 4.69) is 4.98 Å². The van der Waals surface area contributed by atoms with Crippen LogP contribution in [0.1, 0.15) is 20.8 Å². The first-order valence-corrected chi connectivity index (χ1v) is 6.72. The van der Waals surface area contributed by atoms with Gasteiger partial charge in [0.15, 0.2) is 5.65 Å². The monoisotopic (exact) mass is 326 g/mol. The third kappa shape index (κ3) is 2.68. The fraction of sp³-hybridized carbons (Fsp3) is 0. The highest BCUT2D eigenvalue weighted by Crippen LogP contribution is 2.23. The Kier molecular flexibility index (Phi) is 3.70. The van der Waals surface area contributed by atoms with Crippen molar-refractivity contribution < 1.29 is 29.3 Å². The second-order valence-corrected chi connectivity index (χ2v) is 4.79. The third-order valence-corrected chi connectivity index (χ3v) is 3.25. The van der Waals surface area contributed by atoms with Gasteiger partial charge >= 0.3 is 18.0 Å². The molecule has 0 saturated heterocycles. The van der Waals surface area contributed by atoms with E-state index in [-0.39, 0.29) is 16.8 Å². The molecule has 0 aliphatic heterocycles. The molecular formula is C16H10N2O6. The van der Waals surface area contributed by atoms with Crippen molar-refractivity contribution in [1.82, 2.24) is 9.55 Å². The van der Waals surface area contributed by atoms with Gasteiger partial charge in [0.05, 0.1) is 11.8 Å². The van der Waals surface area contributed by atoms with Crippen LogP contribution < -0.4 is 4.74 Å². The number of benzene rings is 1. The van der Waals surface area contributed by atoms with Crippen LogP contribution in [0.3, 0.4) is 0 Å². The van der Waals surface area contributed by atoms with Crippen molar-refractivity contribution in [2.24, 2.45) is 0 Å². The molecular weight excluding hydrogens is 316 g/mol. The lowest BCUT2D eigenvalue weighted by Crippen LogP contribution is -2.15. The molecule has 8 nitrogen and oxygen atoms in total. The van der Waals surface area contributed by atoms with E-state index >= 15 is 0 Å². The number of aromatic carboxylic acids is 1. The summed E-state index contributed by atoms with van der Waals surface area (Å²) >= 11 is 0. The summed E-state index contributed by atoms with van der Waals surface area (Å²) in [5.41, 5.74) is -0.164. The topological polar surface area (TPSA) is 119 Å². The molecule has 2 aromatic heterocycles. The molecule has 0 saturated carbocycles. The van der Waals surface area contributed by atoms with Gasteiger partial charge in [0, 0.05) is 5.39 Å². The number of nitrogens with zero attached hydrogens (tertiary/aromatic N) is 2. The molecule has 3 aromatic rings.